The van der Waals surface area contributed by atoms with Gasteiger partial charge in [-0.15, -0.1) is 0 Å². The largest absolute Gasteiger partial charge is 0.334 e. The van der Waals surface area contributed by atoms with E-state index in [0.29, 0.717) is 31.6 Å². The zero-order valence-electron chi connectivity index (χ0n) is 17.3. The number of amides is 1. The van der Waals surface area contributed by atoms with Gasteiger partial charge in [-0.25, -0.2) is 8.78 Å². The van der Waals surface area contributed by atoms with Crippen LogP contribution in [-0.4, -0.2) is 27.1 Å². The molecule has 32 heavy (non-hydrogen) atoms. The molecule has 0 saturated carbocycles. The van der Waals surface area contributed by atoms with Gasteiger partial charge in [0, 0.05) is 41.9 Å². The van der Waals surface area contributed by atoms with Gasteiger partial charge in [0.15, 0.2) is 0 Å². The number of carbonyl (C=O) groups is 1. The number of nitrogens with zero attached hydrogens (tertiary/aromatic N) is 3. The second kappa shape index (κ2) is 8.38. The molecule has 160 valence electrons. The lowest BCUT2D eigenvalue weighted by Gasteiger charge is -2.28. The van der Waals surface area contributed by atoms with Crippen molar-refractivity contribution in [2.45, 2.75) is 19.5 Å². The van der Waals surface area contributed by atoms with Crippen LogP contribution in [0.3, 0.4) is 0 Å². The van der Waals surface area contributed by atoms with E-state index in [1.165, 1.54) is 36.4 Å². The van der Waals surface area contributed by atoms with Crippen LogP contribution in [0.2, 0.25) is 0 Å². The Hall–Kier alpha value is -3.80. The van der Waals surface area contributed by atoms with Gasteiger partial charge >= 0.3 is 0 Å². The summed E-state index contributed by atoms with van der Waals surface area (Å²) in [7, 11) is 0. The third-order valence-electron chi connectivity index (χ3n) is 5.81. The van der Waals surface area contributed by atoms with Gasteiger partial charge in [0.05, 0.1) is 12.2 Å². The maximum atomic E-state index is 13.5. The van der Waals surface area contributed by atoms with Gasteiger partial charge in [-0.1, -0.05) is 30.3 Å². The minimum Gasteiger partial charge on any atom is -0.334 e. The molecule has 0 aliphatic carbocycles. The summed E-state index contributed by atoms with van der Waals surface area (Å²) in [5, 5.41) is 4.87. The minimum absolute atomic E-state index is 0.142. The lowest BCUT2D eigenvalue weighted by atomic mass is 10.00. The third-order valence-corrected chi connectivity index (χ3v) is 5.81. The fourth-order valence-electron chi connectivity index (χ4n) is 4.17. The predicted octanol–water partition coefficient (Wildman–Crippen LogP) is 5.08. The molecule has 0 radical (unpaired) electrons. The number of hydrogen-bond donors (Lipinski definition) is 0. The normalized spacial score (nSPS) is 13.1. The van der Waals surface area contributed by atoms with E-state index in [1.54, 1.807) is 17.0 Å². The van der Waals surface area contributed by atoms with Crippen LogP contribution in [0.1, 0.15) is 27.2 Å². The standard InChI is InChI=1S/C26H21F2N3O/c27-21-10-6-19(7-11-21)25-23-17-30(26(32)20-8-12-22(28)13-9-20)15-14-24(23)31(29-25)16-18-4-2-1-3-5-18/h1-13H,14-17H2. The van der Waals surface area contributed by atoms with Gasteiger partial charge in [0.1, 0.15) is 11.6 Å². The molecule has 1 aliphatic heterocycles. The first-order valence-corrected chi connectivity index (χ1v) is 10.5. The number of benzene rings is 3. The number of fused-ring (bicyclic) bond motifs is 1. The van der Waals surface area contributed by atoms with Crippen LogP contribution in [0.15, 0.2) is 78.9 Å². The number of halogens is 2. The van der Waals surface area contributed by atoms with Gasteiger partial charge < -0.3 is 4.90 Å². The van der Waals surface area contributed by atoms with Crippen molar-refractivity contribution in [3.05, 3.63) is 113 Å². The SMILES string of the molecule is O=C(c1ccc(F)cc1)N1CCc2c(c(-c3ccc(F)cc3)nn2Cc2ccccc2)C1. The second-order valence-electron chi connectivity index (χ2n) is 7.91. The smallest absolute Gasteiger partial charge is 0.254 e. The molecule has 6 heteroatoms. The Morgan fingerprint density at radius 2 is 1.53 bits per heavy atom. The van der Waals surface area contributed by atoms with Gasteiger partial charge in [-0.2, -0.15) is 5.10 Å². The van der Waals surface area contributed by atoms with E-state index in [1.807, 2.05) is 22.9 Å². The Morgan fingerprint density at radius 1 is 0.875 bits per heavy atom. The molecule has 0 saturated heterocycles. The molecule has 0 N–H and O–H groups in total. The molecule has 0 unspecified atom stereocenters. The van der Waals surface area contributed by atoms with Crippen molar-refractivity contribution in [1.82, 2.24) is 14.7 Å². The van der Waals surface area contributed by atoms with E-state index >= 15 is 0 Å². The molecule has 4 aromatic rings. The van der Waals surface area contributed by atoms with Gasteiger partial charge in [-0.3, -0.25) is 9.48 Å². The average Bonchev–Trinajstić information content (AvgIpc) is 3.18. The maximum Gasteiger partial charge on any atom is 0.254 e. The third kappa shape index (κ3) is 3.91. The van der Waals surface area contributed by atoms with E-state index in [4.69, 9.17) is 5.10 Å². The summed E-state index contributed by atoms with van der Waals surface area (Å²) < 4.78 is 28.8. The lowest BCUT2D eigenvalue weighted by Crippen LogP contribution is -2.36. The summed E-state index contributed by atoms with van der Waals surface area (Å²) in [6, 6.07) is 21.9. The summed E-state index contributed by atoms with van der Waals surface area (Å²) in [5.41, 5.74) is 5.20. The highest BCUT2D eigenvalue weighted by Crippen LogP contribution is 2.31. The van der Waals surface area contributed by atoms with Crippen molar-refractivity contribution in [2.24, 2.45) is 0 Å². The molecule has 3 aromatic carbocycles. The highest BCUT2D eigenvalue weighted by atomic mass is 19.1. The molecule has 0 spiro atoms. The number of carbonyl (C=O) groups excluding carboxylic acids is 1. The molecular weight excluding hydrogens is 408 g/mol. The summed E-state index contributed by atoms with van der Waals surface area (Å²) in [6.07, 6.45) is 0.656. The number of aromatic nitrogens is 2. The monoisotopic (exact) mass is 429 g/mol. The summed E-state index contributed by atoms with van der Waals surface area (Å²) in [5.74, 6) is -0.820. The van der Waals surface area contributed by atoms with Crippen LogP contribution in [-0.2, 0) is 19.5 Å². The topological polar surface area (TPSA) is 38.1 Å². The Kier molecular flexibility index (Phi) is 5.27. The molecule has 0 fully saturated rings. The van der Waals surface area contributed by atoms with Crippen LogP contribution in [0.25, 0.3) is 11.3 Å². The molecule has 1 aliphatic rings. The fraction of sp³-hybridized carbons (Fsp3) is 0.154. The summed E-state index contributed by atoms with van der Waals surface area (Å²) >= 11 is 0. The molecule has 0 atom stereocenters. The molecule has 1 amide bonds. The first kappa shape index (κ1) is 20.1. The van der Waals surface area contributed by atoms with Crippen molar-refractivity contribution in [3.8, 4) is 11.3 Å². The van der Waals surface area contributed by atoms with Crippen LogP contribution < -0.4 is 0 Å². The van der Waals surface area contributed by atoms with E-state index in [9.17, 15) is 13.6 Å². The van der Waals surface area contributed by atoms with E-state index in [0.717, 1.165) is 28.1 Å². The zero-order chi connectivity index (χ0) is 22.1. The van der Waals surface area contributed by atoms with Crippen molar-refractivity contribution in [1.29, 1.82) is 0 Å². The van der Waals surface area contributed by atoms with Crippen molar-refractivity contribution in [3.63, 3.8) is 0 Å². The average molecular weight is 429 g/mol. The van der Waals surface area contributed by atoms with Gasteiger partial charge in [0.25, 0.3) is 5.91 Å². The number of rotatable bonds is 4. The molecule has 5 rings (SSSR count). The quantitative estimate of drug-likeness (QED) is 0.454. The highest BCUT2D eigenvalue weighted by Gasteiger charge is 2.28. The van der Waals surface area contributed by atoms with Gasteiger partial charge in [-0.05, 0) is 54.1 Å². The molecular formula is C26H21F2N3O. The van der Waals surface area contributed by atoms with E-state index in [-0.39, 0.29) is 17.5 Å². The molecule has 4 nitrogen and oxygen atoms in total. The Bertz CT molecular complexity index is 1250. The highest BCUT2D eigenvalue weighted by molar-refractivity contribution is 5.94. The lowest BCUT2D eigenvalue weighted by molar-refractivity contribution is 0.0733. The number of hydrogen-bond acceptors (Lipinski definition) is 2. The fourth-order valence-corrected chi connectivity index (χ4v) is 4.17. The van der Waals surface area contributed by atoms with Crippen molar-refractivity contribution < 1.29 is 13.6 Å². The van der Waals surface area contributed by atoms with Crippen LogP contribution >= 0.6 is 0 Å². The second-order valence-corrected chi connectivity index (χ2v) is 7.91. The first-order valence-electron chi connectivity index (χ1n) is 10.5. The first-order chi connectivity index (χ1) is 15.6. The molecule has 1 aromatic heterocycles. The Labute approximate surface area is 184 Å². The predicted molar refractivity (Wildman–Crippen MR) is 118 cm³/mol. The Morgan fingerprint density at radius 3 is 2.22 bits per heavy atom. The molecule has 2 heterocycles. The zero-order valence-corrected chi connectivity index (χ0v) is 17.3. The van der Waals surface area contributed by atoms with Crippen LogP contribution in [0.5, 0.6) is 0 Å². The molecule has 0 bridgehead atoms. The van der Waals surface area contributed by atoms with Crippen molar-refractivity contribution >= 4 is 5.91 Å². The van der Waals surface area contributed by atoms with Crippen LogP contribution in [0, 0.1) is 11.6 Å². The summed E-state index contributed by atoms with van der Waals surface area (Å²) in [6.45, 7) is 1.57. The van der Waals surface area contributed by atoms with E-state index < -0.39 is 0 Å². The Balaban J connectivity index is 1.51. The van der Waals surface area contributed by atoms with E-state index in [2.05, 4.69) is 12.1 Å². The van der Waals surface area contributed by atoms with Crippen molar-refractivity contribution in [2.75, 3.05) is 6.54 Å². The maximum absolute atomic E-state index is 13.5. The minimum atomic E-state index is -0.372. The van der Waals surface area contributed by atoms with Crippen LogP contribution in [0.4, 0.5) is 8.78 Å². The summed E-state index contributed by atoms with van der Waals surface area (Å²) in [4.78, 5) is 14.8. The van der Waals surface area contributed by atoms with Gasteiger partial charge in [0.2, 0.25) is 0 Å².